The third-order valence-corrected chi connectivity index (χ3v) is 4.62. The molecule has 1 N–H and O–H groups in total. The maximum atomic E-state index is 12.5. The zero-order chi connectivity index (χ0) is 16.6. The predicted molar refractivity (Wildman–Crippen MR) is 87.1 cm³/mol. The van der Waals surface area contributed by atoms with Gasteiger partial charge in [-0.05, 0) is 31.9 Å². The Labute approximate surface area is 134 Å². The van der Waals surface area contributed by atoms with Gasteiger partial charge in [-0.15, -0.1) is 0 Å². The number of nitrogens with zero attached hydrogens (tertiary/aromatic N) is 3. The van der Waals surface area contributed by atoms with Gasteiger partial charge >= 0.3 is 0 Å². The topological polar surface area (TPSA) is 75.4 Å². The molecule has 1 aliphatic rings. The van der Waals surface area contributed by atoms with Crippen LogP contribution >= 0.6 is 0 Å². The molecule has 3 rings (SSSR count). The van der Waals surface area contributed by atoms with Crippen LogP contribution in [0.3, 0.4) is 0 Å². The minimum absolute atomic E-state index is 0.0117. The van der Waals surface area contributed by atoms with Crippen molar-refractivity contribution in [3.8, 4) is 0 Å². The van der Waals surface area contributed by atoms with Crippen LogP contribution in [0.2, 0.25) is 0 Å². The van der Waals surface area contributed by atoms with Crippen molar-refractivity contribution in [2.75, 3.05) is 13.1 Å². The highest BCUT2D eigenvalue weighted by molar-refractivity contribution is 5.81. The second-order valence-electron chi connectivity index (χ2n) is 6.28. The number of aliphatic hydroxyl groups excluding tert-OH is 1. The molecule has 1 aliphatic heterocycles. The van der Waals surface area contributed by atoms with Gasteiger partial charge in [-0.3, -0.25) is 14.2 Å². The molecule has 1 saturated heterocycles. The third-order valence-electron chi connectivity index (χ3n) is 4.62. The average Bonchev–Trinajstić information content (AvgIpc) is 3.01. The van der Waals surface area contributed by atoms with E-state index in [-0.39, 0.29) is 23.9 Å². The van der Waals surface area contributed by atoms with E-state index in [0.717, 1.165) is 12.0 Å². The van der Waals surface area contributed by atoms with E-state index in [2.05, 4.69) is 4.98 Å². The molecule has 0 saturated carbocycles. The van der Waals surface area contributed by atoms with E-state index < -0.39 is 6.10 Å². The van der Waals surface area contributed by atoms with E-state index in [1.807, 2.05) is 19.1 Å². The summed E-state index contributed by atoms with van der Waals surface area (Å²) in [7, 11) is 0. The lowest BCUT2D eigenvalue weighted by molar-refractivity contribution is -0.131. The molecule has 1 aromatic carbocycles. The number of likely N-dealkylation sites (tertiary alicyclic amines) is 1. The fourth-order valence-electron chi connectivity index (χ4n) is 3.10. The van der Waals surface area contributed by atoms with Gasteiger partial charge in [0.25, 0.3) is 5.56 Å². The molecule has 2 unspecified atom stereocenters. The minimum Gasteiger partial charge on any atom is -0.393 e. The number of hydrogen-bond acceptors (Lipinski definition) is 4. The van der Waals surface area contributed by atoms with Crippen molar-refractivity contribution in [1.29, 1.82) is 0 Å². The number of carbonyl (C=O) groups is 1. The van der Waals surface area contributed by atoms with Crippen molar-refractivity contribution >= 4 is 16.8 Å². The van der Waals surface area contributed by atoms with Crippen LogP contribution in [0.1, 0.15) is 18.9 Å². The molecule has 1 fully saturated rings. The molecular formula is C17H21N3O3. The fraction of sp³-hybridized carbons (Fsp3) is 0.471. The van der Waals surface area contributed by atoms with Gasteiger partial charge in [0.05, 0.1) is 23.3 Å². The molecule has 6 nitrogen and oxygen atoms in total. The van der Waals surface area contributed by atoms with E-state index in [1.165, 1.54) is 10.9 Å². The number of amides is 1. The van der Waals surface area contributed by atoms with E-state index in [4.69, 9.17) is 0 Å². The van der Waals surface area contributed by atoms with E-state index in [1.54, 1.807) is 17.9 Å². The van der Waals surface area contributed by atoms with Crippen LogP contribution in [0.5, 0.6) is 0 Å². The first-order valence-electron chi connectivity index (χ1n) is 7.88. The van der Waals surface area contributed by atoms with Crippen molar-refractivity contribution in [2.24, 2.45) is 5.92 Å². The fourth-order valence-corrected chi connectivity index (χ4v) is 3.10. The second kappa shape index (κ2) is 6.12. The van der Waals surface area contributed by atoms with E-state index in [0.29, 0.717) is 24.0 Å². The van der Waals surface area contributed by atoms with Crippen LogP contribution in [0.25, 0.3) is 10.9 Å². The Morgan fingerprint density at radius 1 is 1.48 bits per heavy atom. The first-order valence-corrected chi connectivity index (χ1v) is 7.88. The minimum atomic E-state index is -0.416. The molecule has 122 valence electrons. The Bertz CT molecular complexity index is 797. The molecule has 2 atom stereocenters. The summed E-state index contributed by atoms with van der Waals surface area (Å²) in [5, 5.41) is 10.2. The van der Waals surface area contributed by atoms with E-state index in [9.17, 15) is 14.7 Å². The van der Waals surface area contributed by atoms with Crippen LogP contribution in [0, 0.1) is 12.8 Å². The number of aromatic nitrogens is 2. The first kappa shape index (κ1) is 15.7. The number of benzene rings is 1. The lowest BCUT2D eigenvalue weighted by Crippen LogP contribution is -2.36. The summed E-state index contributed by atoms with van der Waals surface area (Å²) in [4.78, 5) is 30.9. The van der Waals surface area contributed by atoms with Crippen LogP contribution in [-0.2, 0) is 11.3 Å². The number of carbonyl (C=O) groups excluding carboxylic acids is 1. The lowest BCUT2D eigenvalue weighted by atomic mass is 10.0. The van der Waals surface area contributed by atoms with Gasteiger partial charge in [0.15, 0.2) is 0 Å². The zero-order valence-electron chi connectivity index (χ0n) is 13.4. The van der Waals surface area contributed by atoms with Crippen LogP contribution in [0.15, 0.2) is 29.3 Å². The Hall–Kier alpha value is -2.21. The van der Waals surface area contributed by atoms with Crippen molar-refractivity contribution in [1.82, 2.24) is 14.5 Å². The number of hydrogen-bond donors (Lipinski definition) is 1. The molecular weight excluding hydrogens is 294 g/mol. The van der Waals surface area contributed by atoms with Crippen molar-refractivity contribution in [3.05, 3.63) is 40.4 Å². The molecule has 2 heterocycles. The quantitative estimate of drug-likeness (QED) is 0.914. The van der Waals surface area contributed by atoms with Crippen molar-refractivity contribution in [3.63, 3.8) is 0 Å². The van der Waals surface area contributed by atoms with Crippen molar-refractivity contribution in [2.45, 2.75) is 32.9 Å². The molecule has 0 spiro atoms. The number of rotatable bonds is 3. The molecule has 1 aromatic heterocycles. The van der Waals surface area contributed by atoms with Gasteiger partial charge in [0.1, 0.15) is 6.54 Å². The van der Waals surface area contributed by atoms with E-state index >= 15 is 0 Å². The summed E-state index contributed by atoms with van der Waals surface area (Å²) in [6, 6.07) is 5.46. The molecule has 1 amide bonds. The summed E-state index contributed by atoms with van der Waals surface area (Å²) in [5.41, 5.74) is 1.42. The van der Waals surface area contributed by atoms with Gasteiger partial charge in [0, 0.05) is 19.0 Å². The zero-order valence-corrected chi connectivity index (χ0v) is 13.4. The van der Waals surface area contributed by atoms with Gasteiger partial charge < -0.3 is 10.0 Å². The number of fused-ring (bicyclic) bond motifs is 1. The monoisotopic (exact) mass is 315 g/mol. The van der Waals surface area contributed by atoms with Crippen LogP contribution in [0.4, 0.5) is 0 Å². The normalized spacial score (nSPS) is 19.3. The molecule has 0 bridgehead atoms. The summed E-state index contributed by atoms with van der Waals surface area (Å²) >= 11 is 0. The Balaban J connectivity index is 1.81. The Morgan fingerprint density at radius 2 is 2.26 bits per heavy atom. The molecule has 2 aromatic rings. The number of aliphatic hydroxyl groups is 1. The van der Waals surface area contributed by atoms with Crippen molar-refractivity contribution < 1.29 is 9.90 Å². The first-order chi connectivity index (χ1) is 11.0. The number of aryl methyl sites for hydroxylation is 1. The van der Waals surface area contributed by atoms with Crippen LogP contribution in [-0.4, -0.2) is 44.7 Å². The summed E-state index contributed by atoms with van der Waals surface area (Å²) < 4.78 is 1.36. The SMILES string of the molecule is Cc1cccc2c(=O)n(CC(=O)N3CCC(C(C)O)C3)cnc12. The molecule has 23 heavy (non-hydrogen) atoms. The second-order valence-corrected chi connectivity index (χ2v) is 6.28. The maximum Gasteiger partial charge on any atom is 0.261 e. The average molecular weight is 315 g/mol. The number of para-hydroxylation sites is 1. The highest BCUT2D eigenvalue weighted by Crippen LogP contribution is 2.20. The molecule has 0 radical (unpaired) electrons. The van der Waals surface area contributed by atoms with Gasteiger partial charge in [-0.25, -0.2) is 4.98 Å². The molecule has 0 aliphatic carbocycles. The summed E-state index contributed by atoms with van der Waals surface area (Å²) in [5.74, 6) is 0.0112. The largest absolute Gasteiger partial charge is 0.393 e. The summed E-state index contributed by atoms with van der Waals surface area (Å²) in [6.07, 6.45) is 1.83. The van der Waals surface area contributed by atoms with Gasteiger partial charge in [-0.1, -0.05) is 12.1 Å². The van der Waals surface area contributed by atoms with Gasteiger partial charge in [-0.2, -0.15) is 0 Å². The molecule has 6 heteroatoms. The van der Waals surface area contributed by atoms with Crippen LogP contribution < -0.4 is 5.56 Å². The lowest BCUT2D eigenvalue weighted by Gasteiger charge is -2.18. The standard InChI is InChI=1S/C17H21N3O3/c1-11-4-3-5-14-16(11)18-10-20(17(14)23)9-15(22)19-7-6-13(8-19)12(2)21/h3-5,10,12-13,21H,6-9H2,1-2H3. The maximum absolute atomic E-state index is 12.5. The smallest absolute Gasteiger partial charge is 0.261 e. The Kier molecular flexibility index (Phi) is 4.17. The Morgan fingerprint density at radius 3 is 2.96 bits per heavy atom. The highest BCUT2D eigenvalue weighted by Gasteiger charge is 2.29. The van der Waals surface area contributed by atoms with Gasteiger partial charge in [0.2, 0.25) is 5.91 Å². The third kappa shape index (κ3) is 2.99. The highest BCUT2D eigenvalue weighted by atomic mass is 16.3. The summed E-state index contributed by atoms with van der Waals surface area (Å²) in [6.45, 7) is 4.82. The predicted octanol–water partition coefficient (Wildman–Crippen LogP) is 0.934.